The summed E-state index contributed by atoms with van der Waals surface area (Å²) in [6.45, 7) is 7.21. The van der Waals surface area contributed by atoms with E-state index in [9.17, 15) is 14.7 Å². The highest BCUT2D eigenvalue weighted by Crippen LogP contribution is 2.43. The van der Waals surface area contributed by atoms with Gasteiger partial charge in [0.25, 0.3) is 5.78 Å². The van der Waals surface area contributed by atoms with Crippen LogP contribution in [0.5, 0.6) is 11.5 Å². The average molecular weight is 493 g/mol. The number of aliphatic hydroxyl groups is 1. The summed E-state index contributed by atoms with van der Waals surface area (Å²) in [5.41, 5.74) is 1.07. The highest BCUT2D eigenvalue weighted by atomic mass is 32.1. The van der Waals surface area contributed by atoms with E-state index in [-0.39, 0.29) is 11.3 Å². The zero-order valence-electron chi connectivity index (χ0n) is 19.9. The minimum atomic E-state index is -0.846. The maximum atomic E-state index is 13.2. The van der Waals surface area contributed by atoms with Gasteiger partial charge in [-0.15, -0.1) is 11.3 Å². The molecule has 0 bridgehead atoms. The Bertz CT molecular complexity index is 1220. The second-order valence-corrected chi connectivity index (χ2v) is 9.42. The van der Waals surface area contributed by atoms with Crippen molar-refractivity contribution < 1.29 is 24.2 Å². The lowest BCUT2D eigenvalue weighted by atomic mass is 9.95. The Morgan fingerprint density at radius 2 is 1.89 bits per heavy atom. The van der Waals surface area contributed by atoms with E-state index in [0.29, 0.717) is 46.9 Å². The van der Waals surface area contributed by atoms with Crippen LogP contribution in [0.1, 0.15) is 44.4 Å². The summed E-state index contributed by atoms with van der Waals surface area (Å²) in [7, 11) is 0. The fraction of sp³-hybridized carbons (Fsp3) is 0.296. The van der Waals surface area contributed by atoms with Crippen molar-refractivity contribution in [2.75, 3.05) is 18.1 Å². The number of ether oxygens (including phenoxy) is 2. The predicted octanol–water partition coefficient (Wildman–Crippen LogP) is 5.59. The van der Waals surface area contributed by atoms with Gasteiger partial charge in [0.1, 0.15) is 17.3 Å². The molecule has 8 heteroatoms. The number of ketones is 1. The number of aliphatic hydroxyl groups excluding tert-OH is 1. The smallest absolute Gasteiger partial charge is 0.301 e. The Morgan fingerprint density at radius 1 is 1.11 bits per heavy atom. The molecule has 3 aromatic rings. The molecule has 1 atom stereocenters. The Hall–Kier alpha value is -3.65. The number of carbonyl (C=O) groups is 2. The second kappa shape index (κ2) is 10.7. The number of aromatic nitrogens is 1. The van der Waals surface area contributed by atoms with E-state index in [1.165, 1.54) is 16.2 Å². The largest absolute Gasteiger partial charge is 0.507 e. The molecule has 2 aromatic carbocycles. The molecule has 7 nitrogen and oxygen atoms in total. The summed E-state index contributed by atoms with van der Waals surface area (Å²) in [4.78, 5) is 32.0. The van der Waals surface area contributed by atoms with E-state index in [1.807, 2.05) is 31.2 Å². The van der Waals surface area contributed by atoms with Crippen LogP contribution in [-0.4, -0.2) is 35.0 Å². The van der Waals surface area contributed by atoms with Crippen molar-refractivity contribution in [2.24, 2.45) is 5.92 Å². The molecule has 1 N–H and O–H groups in total. The number of nitrogens with zero attached hydrogens (tertiary/aromatic N) is 2. The minimum Gasteiger partial charge on any atom is -0.507 e. The number of rotatable bonds is 9. The number of thiazole rings is 1. The van der Waals surface area contributed by atoms with Crippen molar-refractivity contribution >= 4 is 33.9 Å². The number of anilines is 1. The van der Waals surface area contributed by atoms with E-state index >= 15 is 0 Å². The standard InChI is InChI=1S/C27H28N2O5S/c1-4-33-20-10-8-18(9-11-20)24(30)22-23(29(26(32)25(22)31)27-28-13-15-35-27)19-6-5-7-21(16-19)34-14-12-17(2)3/h5-11,13,15-17,23,30H,4,12,14H2,1-3H3. The Balaban J connectivity index is 1.79. The van der Waals surface area contributed by atoms with Crippen molar-refractivity contribution in [2.45, 2.75) is 33.2 Å². The van der Waals surface area contributed by atoms with Crippen LogP contribution >= 0.6 is 11.3 Å². The number of hydrogen-bond donors (Lipinski definition) is 1. The van der Waals surface area contributed by atoms with Crippen molar-refractivity contribution in [1.82, 2.24) is 4.98 Å². The molecule has 1 aliphatic rings. The predicted molar refractivity (Wildman–Crippen MR) is 136 cm³/mol. The monoisotopic (exact) mass is 492 g/mol. The van der Waals surface area contributed by atoms with Gasteiger partial charge in [0.2, 0.25) is 0 Å². The molecule has 0 spiro atoms. The summed E-state index contributed by atoms with van der Waals surface area (Å²) in [6.07, 6.45) is 2.48. The van der Waals surface area contributed by atoms with Gasteiger partial charge >= 0.3 is 5.91 Å². The van der Waals surface area contributed by atoms with Gasteiger partial charge in [-0.3, -0.25) is 14.5 Å². The first-order valence-electron chi connectivity index (χ1n) is 11.6. The fourth-order valence-corrected chi connectivity index (χ4v) is 4.57. The van der Waals surface area contributed by atoms with E-state index in [2.05, 4.69) is 18.8 Å². The Morgan fingerprint density at radius 3 is 2.54 bits per heavy atom. The van der Waals surface area contributed by atoms with Gasteiger partial charge in [-0.1, -0.05) is 26.0 Å². The van der Waals surface area contributed by atoms with Gasteiger partial charge in [0.15, 0.2) is 5.13 Å². The molecule has 1 amide bonds. The first kappa shape index (κ1) is 24.5. The van der Waals surface area contributed by atoms with Crippen molar-refractivity contribution in [1.29, 1.82) is 0 Å². The van der Waals surface area contributed by atoms with Gasteiger partial charge in [-0.25, -0.2) is 4.98 Å². The minimum absolute atomic E-state index is 0.00805. The molecule has 1 aromatic heterocycles. The maximum absolute atomic E-state index is 13.2. The summed E-state index contributed by atoms with van der Waals surface area (Å²) >= 11 is 1.25. The summed E-state index contributed by atoms with van der Waals surface area (Å²) < 4.78 is 11.4. The van der Waals surface area contributed by atoms with Crippen LogP contribution in [-0.2, 0) is 9.59 Å². The molecular formula is C27H28N2O5S. The van der Waals surface area contributed by atoms with Gasteiger partial charge in [0.05, 0.1) is 24.8 Å². The molecule has 1 unspecified atom stereocenters. The highest BCUT2D eigenvalue weighted by molar-refractivity contribution is 7.14. The van der Waals surface area contributed by atoms with Gasteiger partial charge in [-0.2, -0.15) is 0 Å². The molecule has 1 fully saturated rings. The van der Waals surface area contributed by atoms with Crippen LogP contribution in [0, 0.1) is 5.92 Å². The summed E-state index contributed by atoms with van der Waals surface area (Å²) in [5, 5.41) is 13.4. The van der Waals surface area contributed by atoms with Crippen molar-refractivity contribution in [3.8, 4) is 11.5 Å². The molecule has 35 heavy (non-hydrogen) atoms. The zero-order chi connectivity index (χ0) is 24.9. The quantitative estimate of drug-likeness (QED) is 0.238. The van der Waals surface area contributed by atoms with Crippen LogP contribution in [0.4, 0.5) is 5.13 Å². The highest BCUT2D eigenvalue weighted by Gasteiger charge is 2.48. The molecule has 0 saturated carbocycles. The first-order valence-corrected chi connectivity index (χ1v) is 12.4. The fourth-order valence-electron chi connectivity index (χ4n) is 3.90. The molecular weight excluding hydrogens is 464 g/mol. The number of benzene rings is 2. The van der Waals surface area contributed by atoms with E-state index in [0.717, 1.165) is 6.42 Å². The van der Waals surface area contributed by atoms with Gasteiger partial charge in [0, 0.05) is 17.1 Å². The lowest BCUT2D eigenvalue weighted by Crippen LogP contribution is -2.29. The molecule has 1 aliphatic heterocycles. The van der Waals surface area contributed by atoms with Crippen LogP contribution in [0.15, 0.2) is 65.7 Å². The van der Waals surface area contributed by atoms with Gasteiger partial charge < -0.3 is 14.6 Å². The van der Waals surface area contributed by atoms with Crippen molar-refractivity contribution in [3.63, 3.8) is 0 Å². The third-order valence-electron chi connectivity index (χ3n) is 5.65. The summed E-state index contributed by atoms with van der Waals surface area (Å²) in [6, 6.07) is 13.2. The second-order valence-electron chi connectivity index (χ2n) is 8.54. The van der Waals surface area contributed by atoms with E-state index in [4.69, 9.17) is 9.47 Å². The van der Waals surface area contributed by atoms with Crippen LogP contribution < -0.4 is 14.4 Å². The number of Topliss-reactive ketones (excluding diaryl/α,β-unsaturated/α-hetero) is 1. The van der Waals surface area contributed by atoms with Gasteiger partial charge in [-0.05, 0) is 61.2 Å². The SMILES string of the molecule is CCOc1ccc(C(O)=C2C(=O)C(=O)N(c3nccs3)C2c2cccc(OCCC(C)C)c2)cc1. The number of carbonyl (C=O) groups excluding carboxylic acids is 2. The topological polar surface area (TPSA) is 89.0 Å². The molecule has 1 saturated heterocycles. The van der Waals surface area contributed by atoms with E-state index in [1.54, 1.807) is 35.8 Å². The molecule has 182 valence electrons. The average Bonchev–Trinajstić information content (AvgIpc) is 3.46. The Kier molecular flexibility index (Phi) is 7.51. The van der Waals surface area contributed by atoms with Crippen LogP contribution in [0.2, 0.25) is 0 Å². The maximum Gasteiger partial charge on any atom is 0.301 e. The van der Waals surface area contributed by atoms with Crippen molar-refractivity contribution in [3.05, 3.63) is 76.8 Å². The molecule has 4 rings (SSSR count). The lowest BCUT2D eigenvalue weighted by Gasteiger charge is -2.23. The van der Waals surface area contributed by atoms with E-state index < -0.39 is 17.7 Å². The third-order valence-corrected chi connectivity index (χ3v) is 6.42. The molecule has 0 radical (unpaired) electrons. The first-order chi connectivity index (χ1) is 16.9. The number of amides is 1. The van der Waals surface area contributed by atoms with Crippen LogP contribution in [0.25, 0.3) is 5.76 Å². The molecule has 0 aliphatic carbocycles. The lowest BCUT2D eigenvalue weighted by molar-refractivity contribution is -0.132. The Labute approximate surface area is 208 Å². The summed E-state index contributed by atoms with van der Waals surface area (Å²) in [5.74, 6) is 0.0427. The normalized spacial score (nSPS) is 17.3. The zero-order valence-corrected chi connectivity index (χ0v) is 20.7. The number of hydrogen-bond acceptors (Lipinski definition) is 7. The third kappa shape index (κ3) is 5.22. The molecule has 2 heterocycles. The van der Waals surface area contributed by atoms with Crippen LogP contribution in [0.3, 0.4) is 0 Å².